The molecule has 2 N–H and O–H groups in total. The van der Waals surface area contributed by atoms with E-state index in [9.17, 15) is 35.9 Å². The number of halogens is 7. The van der Waals surface area contributed by atoms with E-state index >= 15 is 0 Å². The first-order valence-corrected chi connectivity index (χ1v) is 24.6. The zero-order chi connectivity index (χ0) is 54.7. The summed E-state index contributed by atoms with van der Waals surface area (Å²) in [6.45, 7) is 6.50. The summed E-state index contributed by atoms with van der Waals surface area (Å²) in [5.74, 6) is 7.14. The number of alkyl halides is 6. The minimum absolute atomic E-state index is 0.0558. The van der Waals surface area contributed by atoms with E-state index in [1.807, 2.05) is 34.5 Å². The summed E-state index contributed by atoms with van der Waals surface area (Å²) in [5, 5.41) is 5.05. The molecule has 2 aromatic carbocycles. The molecule has 23 heteroatoms. The molecule has 6 aromatic heterocycles. The number of anilines is 2. The number of rotatable bonds is 8. The first kappa shape index (κ1) is 55.2. The number of carbonyl (C=O) groups is 2. The standard InChI is InChI=1S/C27H24F3N7O.C21H21F3N4O.C6H4BrN3/c1-35-8-10-36(11-9-35)18-20-3-4-22(13-24(20)27(28,29)30)34-26(38)21-12-19(14-32-15-21)2-5-23-16-33-25-17-31-6-7-37(23)25;1-3-15-10-17(13-25-12-15)20(29)26-18-5-4-16(19(11-18)21(22,23)24)14-28-8-6-27(2)7-9-28;7-5-3-9-6-4-8-1-2-10(5)6/h3-4,6-7,12-17H,8-11,18H2,1H3,(H,34,38);1,4-5,10-13H,6-9,14H2,2H3,(H,26,29);1-4H. The predicted molar refractivity (Wildman–Crippen MR) is 280 cm³/mol. The molecule has 8 aromatic rings. The Labute approximate surface area is 447 Å². The number of nitrogens with one attached hydrogen (secondary N) is 2. The van der Waals surface area contributed by atoms with Gasteiger partial charge in [0.2, 0.25) is 0 Å². The lowest BCUT2D eigenvalue weighted by molar-refractivity contribution is -0.139. The fourth-order valence-electron chi connectivity index (χ4n) is 8.17. The molecule has 0 bridgehead atoms. The molecule has 0 unspecified atom stereocenters. The predicted octanol–water partition coefficient (Wildman–Crippen LogP) is 8.12. The number of terminal acetylenes is 1. The zero-order valence-corrected chi connectivity index (χ0v) is 43.1. The fourth-order valence-corrected chi connectivity index (χ4v) is 8.57. The summed E-state index contributed by atoms with van der Waals surface area (Å²) < 4.78 is 87.2. The van der Waals surface area contributed by atoms with Crippen LogP contribution in [0.25, 0.3) is 11.3 Å². The molecule has 16 nitrogen and oxygen atoms in total. The molecule has 2 aliphatic rings. The topological polar surface area (TPSA) is 157 Å². The number of hydrogen-bond donors (Lipinski definition) is 2. The van der Waals surface area contributed by atoms with Gasteiger partial charge < -0.3 is 20.4 Å². The largest absolute Gasteiger partial charge is 0.416 e. The van der Waals surface area contributed by atoms with Crippen LogP contribution in [-0.2, 0) is 25.4 Å². The van der Waals surface area contributed by atoms with Crippen molar-refractivity contribution in [2.75, 3.05) is 77.1 Å². The van der Waals surface area contributed by atoms with Gasteiger partial charge >= 0.3 is 12.4 Å². The number of pyridine rings is 2. The SMILES string of the molecule is Brc1cnc2cnccn12.C#Cc1cncc(C(=O)Nc2ccc(CN3CCN(C)CC3)c(C(F)(F)F)c2)c1.CN1CCN(Cc2ccc(NC(=O)c3cncc(C#Cc4cnc5cnccn45)c3)cc2C(F)(F)F)CC1. The lowest BCUT2D eigenvalue weighted by Gasteiger charge is -2.33. The molecule has 0 saturated carbocycles. The molecule has 0 aliphatic carbocycles. The van der Waals surface area contributed by atoms with E-state index in [0.717, 1.165) is 48.6 Å². The number of nitrogens with zero attached hydrogens (tertiary/aromatic N) is 12. The highest BCUT2D eigenvalue weighted by molar-refractivity contribution is 9.10. The van der Waals surface area contributed by atoms with E-state index in [1.54, 1.807) is 47.8 Å². The highest BCUT2D eigenvalue weighted by Crippen LogP contribution is 2.36. The van der Waals surface area contributed by atoms with Crippen LogP contribution in [0.15, 0.2) is 127 Å². The average Bonchev–Trinajstić information content (AvgIpc) is 4.03. The fraction of sp³-hybridized carbons (Fsp3) is 0.259. The van der Waals surface area contributed by atoms with Crippen LogP contribution in [-0.4, -0.2) is 137 Å². The van der Waals surface area contributed by atoms with Gasteiger partial charge in [-0.15, -0.1) is 6.42 Å². The summed E-state index contributed by atoms with van der Waals surface area (Å²) in [7, 11) is 3.98. The second-order valence-corrected chi connectivity index (χ2v) is 18.8. The van der Waals surface area contributed by atoms with Crippen molar-refractivity contribution in [1.29, 1.82) is 0 Å². The number of aromatic nitrogens is 8. The highest BCUT2D eigenvalue weighted by Gasteiger charge is 2.36. The summed E-state index contributed by atoms with van der Waals surface area (Å²) >= 11 is 3.34. The van der Waals surface area contributed by atoms with Gasteiger partial charge in [0.15, 0.2) is 11.3 Å². The lowest BCUT2D eigenvalue weighted by atomic mass is 10.0. The molecule has 0 atom stereocenters. The highest BCUT2D eigenvalue weighted by atomic mass is 79.9. The molecular weight excluding hydrogens is 1070 g/mol. The Balaban J connectivity index is 0.000000176. The van der Waals surface area contributed by atoms with Crippen molar-refractivity contribution in [3.8, 4) is 24.2 Å². The Bertz CT molecular complexity index is 3480. The smallest absolute Gasteiger partial charge is 0.322 e. The maximum absolute atomic E-state index is 13.9. The first-order chi connectivity index (χ1) is 36.9. The number of amides is 2. The van der Waals surface area contributed by atoms with Crippen LogP contribution >= 0.6 is 15.9 Å². The van der Waals surface area contributed by atoms with Crippen molar-refractivity contribution in [2.45, 2.75) is 25.4 Å². The number of likely N-dealkylation sites (N-methyl/N-ethyl adjacent to an activating group) is 2. The number of fused-ring (bicyclic) bond motifs is 2. The van der Waals surface area contributed by atoms with Crippen LogP contribution in [0.2, 0.25) is 0 Å². The van der Waals surface area contributed by atoms with Crippen LogP contribution < -0.4 is 10.6 Å². The number of hydrogen-bond acceptors (Lipinski definition) is 12. The number of benzene rings is 2. The van der Waals surface area contributed by atoms with Crippen molar-refractivity contribution >= 4 is 50.4 Å². The van der Waals surface area contributed by atoms with E-state index in [4.69, 9.17) is 6.42 Å². The number of imidazole rings is 2. The number of carbonyl (C=O) groups excluding carboxylic acids is 2. The third-order valence-electron chi connectivity index (χ3n) is 12.4. The van der Waals surface area contributed by atoms with Crippen LogP contribution in [0.1, 0.15) is 59.8 Å². The minimum atomic E-state index is -4.55. The van der Waals surface area contributed by atoms with Crippen molar-refractivity contribution in [2.24, 2.45) is 0 Å². The van der Waals surface area contributed by atoms with E-state index in [2.05, 4.69) is 84.0 Å². The molecule has 396 valence electrons. The number of piperazine rings is 2. The van der Waals surface area contributed by atoms with Gasteiger partial charge in [-0.25, -0.2) is 9.97 Å². The molecule has 2 fully saturated rings. The molecule has 0 radical (unpaired) electrons. The van der Waals surface area contributed by atoms with E-state index in [1.165, 1.54) is 61.2 Å². The average molecular weight is 1120 g/mol. The third kappa shape index (κ3) is 14.9. The van der Waals surface area contributed by atoms with Crippen molar-refractivity contribution in [1.82, 2.24) is 58.3 Å². The minimum Gasteiger partial charge on any atom is -0.322 e. The Morgan fingerprint density at radius 1 is 0.584 bits per heavy atom. The molecule has 8 heterocycles. The second-order valence-electron chi connectivity index (χ2n) is 18.0. The normalized spacial score (nSPS) is 14.5. The Morgan fingerprint density at radius 3 is 1.55 bits per heavy atom. The van der Waals surface area contributed by atoms with Crippen LogP contribution in [0.4, 0.5) is 37.7 Å². The monoisotopic (exact) mass is 1120 g/mol. The Morgan fingerprint density at radius 2 is 1.05 bits per heavy atom. The van der Waals surface area contributed by atoms with Gasteiger partial charge in [0, 0.05) is 138 Å². The van der Waals surface area contributed by atoms with Gasteiger partial charge in [-0.1, -0.05) is 24.0 Å². The van der Waals surface area contributed by atoms with Gasteiger partial charge in [0.1, 0.15) is 10.3 Å². The van der Waals surface area contributed by atoms with Crippen molar-refractivity contribution in [3.05, 3.63) is 178 Å². The van der Waals surface area contributed by atoms with Gasteiger partial charge in [0.05, 0.1) is 47.0 Å². The quantitative estimate of drug-likeness (QED) is 0.112. The molecule has 77 heavy (non-hydrogen) atoms. The zero-order valence-electron chi connectivity index (χ0n) is 41.5. The van der Waals surface area contributed by atoms with Gasteiger partial charge in [-0.2, -0.15) is 26.3 Å². The summed E-state index contributed by atoms with van der Waals surface area (Å²) in [6.07, 6.45) is 15.4. The Hall–Kier alpha value is -8.06. The second kappa shape index (κ2) is 24.7. The van der Waals surface area contributed by atoms with Crippen molar-refractivity contribution < 1.29 is 35.9 Å². The van der Waals surface area contributed by atoms with Crippen molar-refractivity contribution in [3.63, 3.8) is 0 Å². The van der Waals surface area contributed by atoms with E-state index in [-0.39, 0.29) is 46.7 Å². The molecule has 2 aliphatic heterocycles. The molecule has 0 spiro atoms. The van der Waals surface area contributed by atoms with Gasteiger partial charge in [-0.3, -0.25) is 48.1 Å². The molecular formula is C54H49BrF6N14O2. The summed E-state index contributed by atoms with van der Waals surface area (Å²) in [5.41, 5.74) is 2.37. The third-order valence-corrected chi connectivity index (χ3v) is 13.0. The molecule has 10 rings (SSSR count). The maximum Gasteiger partial charge on any atom is 0.416 e. The summed E-state index contributed by atoms with van der Waals surface area (Å²) in [6, 6.07) is 10.8. The Kier molecular flexibility index (Phi) is 17.7. The molecule has 2 saturated heterocycles. The summed E-state index contributed by atoms with van der Waals surface area (Å²) in [4.78, 5) is 57.7. The van der Waals surface area contributed by atoms with E-state index < -0.39 is 35.3 Å². The van der Waals surface area contributed by atoms with E-state index in [0.29, 0.717) is 48.6 Å². The van der Waals surface area contributed by atoms with Gasteiger partial charge in [-0.05, 0) is 83.5 Å². The maximum atomic E-state index is 13.9. The van der Waals surface area contributed by atoms with Crippen LogP contribution in [0.3, 0.4) is 0 Å². The van der Waals surface area contributed by atoms with Gasteiger partial charge in [0.25, 0.3) is 11.8 Å². The van der Waals surface area contributed by atoms with Crippen LogP contribution in [0, 0.1) is 24.2 Å². The first-order valence-electron chi connectivity index (χ1n) is 23.8. The molecule has 2 amide bonds. The van der Waals surface area contributed by atoms with Crippen LogP contribution in [0.5, 0.6) is 0 Å². The lowest BCUT2D eigenvalue weighted by Crippen LogP contribution is -2.44.